The molecule has 2 aromatic rings. The SMILES string of the molecule is C=CCOC(=O)c1ccccc1-c1cccc(C(=O)O)c1[N+](=O)[O-]. The summed E-state index contributed by atoms with van der Waals surface area (Å²) in [6, 6.07) is 10.1. The highest BCUT2D eigenvalue weighted by atomic mass is 16.6. The number of hydrogen-bond acceptors (Lipinski definition) is 5. The molecule has 2 aromatic carbocycles. The van der Waals surface area contributed by atoms with E-state index < -0.39 is 28.1 Å². The number of aromatic carboxylic acids is 1. The van der Waals surface area contributed by atoms with E-state index in [9.17, 15) is 24.8 Å². The largest absolute Gasteiger partial charge is 0.477 e. The Morgan fingerprint density at radius 3 is 2.38 bits per heavy atom. The molecule has 0 unspecified atom stereocenters. The van der Waals surface area contributed by atoms with Crippen LogP contribution in [-0.4, -0.2) is 28.6 Å². The number of carbonyl (C=O) groups is 2. The molecule has 0 heterocycles. The molecule has 7 nitrogen and oxygen atoms in total. The molecule has 122 valence electrons. The summed E-state index contributed by atoms with van der Waals surface area (Å²) in [5.74, 6) is -2.10. The number of nitrogens with zero attached hydrogens (tertiary/aromatic N) is 1. The van der Waals surface area contributed by atoms with Gasteiger partial charge in [-0.2, -0.15) is 0 Å². The van der Waals surface area contributed by atoms with Crippen LogP contribution in [0.25, 0.3) is 11.1 Å². The Hall–Kier alpha value is -3.48. The van der Waals surface area contributed by atoms with Crippen molar-refractivity contribution < 1.29 is 24.4 Å². The summed E-state index contributed by atoms with van der Waals surface area (Å²) in [4.78, 5) is 34.0. The molecular formula is C17H13NO6. The van der Waals surface area contributed by atoms with Gasteiger partial charge in [-0.1, -0.05) is 36.9 Å². The molecule has 0 aromatic heterocycles. The van der Waals surface area contributed by atoms with Gasteiger partial charge in [0, 0.05) is 5.56 Å². The number of para-hydroxylation sites is 1. The Morgan fingerprint density at radius 2 is 1.75 bits per heavy atom. The minimum atomic E-state index is -1.42. The summed E-state index contributed by atoms with van der Waals surface area (Å²) in [7, 11) is 0. The molecule has 24 heavy (non-hydrogen) atoms. The predicted molar refractivity (Wildman–Crippen MR) is 86.0 cm³/mol. The predicted octanol–water partition coefficient (Wildman–Crippen LogP) is 3.30. The lowest BCUT2D eigenvalue weighted by molar-refractivity contribution is -0.384. The van der Waals surface area contributed by atoms with Crippen LogP contribution in [0.3, 0.4) is 0 Å². The first-order valence-corrected chi connectivity index (χ1v) is 6.85. The van der Waals surface area contributed by atoms with Crippen molar-refractivity contribution in [1.29, 1.82) is 0 Å². The lowest BCUT2D eigenvalue weighted by Crippen LogP contribution is -2.09. The Morgan fingerprint density at radius 1 is 1.12 bits per heavy atom. The lowest BCUT2D eigenvalue weighted by atomic mass is 9.96. The molecule has 0 spiro atoms. The number of hydrogen-bond donors (Lipinski definition) is 1. The fourth-order valence-electron chi connectivity index (χ4n) is 2.24. The van der Waals surface area contributed by atoms with Gasteiger partial charge in [0.1, 0.15) is 12.2 Å². The van der Waals surface area contributed by atoms with Crippen molar-refractivity contribution in [3.8, 4) is 11.1 Å². The molecule has 0 saturated carbocycles. The summed E-state index contributed by atoms with van der Waals surface area (Å²) >= 11 is 0. The van der Waals surface area contributed by atoms with Gasteiger partial charge in [-0.25, -0.2) is 9.59 Å². The number of carboxylic acid groups (broad SMARTS) is 1. The number of nitro benzene ring substituents is 1. The normalized spacial score (nSPS) is 10.0. The van der Waals surface area contributed by atoms with E-state index in [1.54, 1.807) is 12.1 Å². The zero-order valence-corrected chi connectivity index (χ0v) is 12.5. The average molecular weight is 327 g/mol. The average Bonchev–Trinajstić information content (AvgIpc) is 2.58. The van der Waals surface area contributed by atoms with Gasteiger partial charge in [0.25, 0.3) is 5.69 Å². The van der Waals surface area contributed by atoms with Crippen molar-refractivity contribution in [3.05, 3.63) is 76.4 Å². The van der Waals surface area contributed by atoms with Crippen molar-refractivity contribution in [2.75, 3.05) is 6.61 Å². The standard InChI is InChI=1S/C17H13NO6/c1-2-10-24-17(21)13-7-4-3-6-11(13)12-8-5-9-14(16(19)20)15(12)18(22)23/h2-9H,1,10H2,(H,19,20). The van der Waals surface area contributed by atoms with Gasteiger partial charge >= 0.3 is 11.9 Å². The minimum absolute atomic E-state index is 0.00950. The molecule has 0 radical (unpaired) electrons. The molecule has 0 atom stereocenters. The van der Waals surface area contributed by atoms with Gasteiger partial charge in [-0.05, 0) is 18.2 Å². The molecule has 7 heteroatoms. The maximum absolute atomic E-state index is 12.1. The molecule has 0 amide bonds. The topological polar surface area (TPSA) is 107 Å². The van der Waals surface area contributed by atoms with Gasteiger partial charge in [0.2, 0.25) is 0 Å². The van der Waals surface area contributed by atoms with Crippen molar-refractivity contribution in [1.82, 2.24) is 0 Å². The van der Waals surface area contributed by atoms with Gasteiger partial charge < -0.3 is 9.84 Å². The van der Waals surface area contributed by atoms with Crippen LogP contribution in [0.5, 0.6) is 0 Å². The van der Waals surface area contributed by atoms with E-state index >= 15 is 0 Å². The maximum atomic E-state index is 12.1. The highest BCUT2D eigenvalue weighted by Gasteiger charge is 2.27. The Balaban J connectivity index is 2.67. The smallest absolute Gasteiger partial charge is 0.342 e. The molecule has 2 rings (SSSR count). The van der Waals surface area contributed by atoms with Crippen LogP contribution >= 0.6 is 0 Å². The number of carbonyl (C=O) groups excluding carboxylic acids is 1. The summed E-state index contributed by atoms with van der Waals surface area (Å²) in [6.07, 6.45) is 1.40. The summed E-state index contributed by atoms with van der Waals surface area (Å²) in [5.41, 5.74) is -0.668. The van der Waals surface area contributed by atoms with Crippen LogP contribution < -0.4 is 0 Å². The van der Waals surface area contributed by atoms with Crippen molar-refractivity contribution in [2.24, 2.45) is 0 Å². The van der Waals surface area contributed by atoms with Crippen LogP contribution in [0.4, 0.5) is 5.69 Å². The van der Waals surface area contributed by atoms with E-state index in [-0.39, 0.29) is 23.3 Å². The van der Waals surface area contributed by atoms with E-state index in [0.29, 0.717) is 0 Å². The van der Waals surface area contributed by atoms with Crippen molar-refractivity contribution in [2.45, 2.75) is 0 Å². The van der Waals surface area contributed by atoms with Crippen LogP contribution in [0.15, 0.2) is 55.1 Å². The molecule has 0 fully saturated rings. The Bertz CT molecular complexity index is 828. The number of esters is 1. The van der Waals surface area contributed by atoms with Gasteiger partial charge in [-0.15, -0.1) is 0 Å². The first kappa shape index (κ1) is 16.9. The summed E-state index contributed by atoms with van der Waals surface area (Å²) in [5, 5.41) is 20.6. The second-order valence-electron chi connectivity index (χ2n) is 4.70. The molecule has 0 saturated heterocycles. The maximum Gasteiger partial charge on any atom is 0.342 e. The van der Waals surface area contributed by atoms with E-state index in [4.69, 9.17) is 4.74 Å². The molecule has 0 bridgehead atoms. The zero-order valence-electron chi connectivity index (χ0n) is 12.5. The first-order chi connectivity index (χ1) is 11.5. The van der Waals surface area contributed by atoms with E-state index in [1.807, 2.05) is 0 Å². The molecule has 0 aliphatic heterocycles. The van der Waals surface area contributed by atoms with Crippen LogP contribution in [0.2, 0.25) is 0 Å². The number of nitro groups is 1. The van der Waals surface area contributed by atoms with Gasteiger partial charge in [0.15, 0.2) is 0 Å². The highest BCUT2D eigenvalue weighted by molar-refractivity contribution is 6.02. The molecular weight excluding hydrogens is 314 g/mol. The summed E-state index contributed by atoms with van der Waals surface area (Å²) < 4.78 is 4.97. The van der Waals surface area contributed by atoms with E-state index in [0.717, 1.165) is 6.07 Å². The molecule has 0 aliphatic rings. The van der Waals surface area contributed by atoms with Crippen molar-refractivity contribution in [3.63, 3.8) is 0 Å². The number of benzene rings is 2. The first-order valence-electron chi connectivity index (χ1n) is 6.85. The lowest BCUT2D eigenvalue weighted by Gasteiger charge is -2.10. The zero-order chi connectivity index (χ0) is 17.7. The van der Waals surface area contributed by atoms with Crippen LogP contribution in [0, 0.1) is 10.1 Å². The van der Waals surface area contributed by atoms with Gasteiger partial charge in [0.05, 0.1) is 16.1 Å². The second kappa shape index (κ2) is 7.19. The van der Waals surface area contributed by atoms with Crippen molar-refractivity contribution >= 4 is 17.6 Å². The number of carboxylic acids is 1. The number of rotatable bonds is 6. The second-order valence-corrected chi connectivity index (χ2v) is 4.70. The fraction of sp³-hybridized carbons (Fsp3) is 0.0588. The summed E-state index contributed by atoms with van der Waals surface area (Å²) in [6.45, 7) is 3.43. The monoisotopic (exact) mass is 327 g/mol. The fourth-order valence-corrected chi connectivity index (χ4v) is 2.24. The Labute approximate surface area is 137 Å². The van der Waals surface area contributed by atoms with E-state index in [1.165, 1.54) is 30.3 Å². The third-order valence-electron chi connectivity index (χ3n) is 3.22. The quantitative estimate of drug-likeness (QED) is 0.377. The van der Waals surface area contributed by atoms with Crippen LogP contribution in [0.1, 0.15) is 20.7 Å². The molecule has 1 N–H and O–H groups in total. The number of ether oxygens (including phenoxy) is 1. The Kier molecular flexibility index (Phi) is 5.06. The van der Waals surface area contributed by atoms with Gasteiger partial charge in [-0.3, -0.25) is 10.1 Å². The van der Waals surface area contributed by atoms with Crippen LogP contribution in [-0.2, 0) is 4.74 Å². The third-order valence-corrected chi connectivity index (χ3v) is 3.22. The third kappa shape index (κ3) is 3.30. The highest BCUT2D eigenvalue weighted by Crippen LogP contribution is 2.35. The molecule has 0 aliphatic carbocycles. The van der Waals surface area contributed by atoms with E-state index in [2.05, 4.69) is 6.58 Å². The minimum Gasteiger partial charge on any atom is -0.477 e.